The van der Waals surface area contributed by atoms with Crippen molar-refractivity contribution >= 4 is 11.9 Å². The first kappa shape index (κ1) is 13.2. The van der Waals surface area contributed by atoms with Crippen molar-refractivity contribution in [1.29, 1.82) is 0 Å². The summed E-state index contributed by atoms with van der Waals surface area (Å²) in [6.45, 7) is 2.19. The Bertz CT molecular complexity index is 415. The first-order valence-electron chi connectivity index (χ1n) is 4.93. The van der Waals surface area contributed by atoms with Gasteiger partial charge in [-0.2, -0.15) is 0 Å². The number of methoxy groups -OCH3 is 1. The zero-order valence-corrected chi connectivity index (χ0v) is 9.84. The third kappa shape index (κ3) is 3.04. The molecule has 7 heteroatoms. The van der Waals surface area contributed by atoms with E-state index < -0.39 is 11.9 Å². The molecule has 0 aromatic carbocycles. The Morgan fingerprint density at radius 2 is 2.29 bits per heavy atom. The molecule has 0 spiro atoms. The third-order valence-corrected chi connectivity index (χ3v) is 2.33. The summed E-state index contributed by atoms with van der Waals surface area (Å²) in [6.07, 6.45) is 0. The minimum Gasteiger partial charge on any atom is -0.475 e. The summed E-state index contributed by atoms with van der Waals surface area (Å²) in [4.78, 5) is 23.8. The number of amides is 1. The predicted molar refractivity (Wildman–Crippen MR) is 56.9 cm³/mol. The standard InChI is InChI=1S/C10H14N2O5/c1-6(5-16-3)12(2)9(13)7-4-8(10(14)15)17-11-7/h4,6H,5H2,1-3H3,(H,14,15). The van der Waals surface area contributed by atoms with E-state index >= 15 is 0 Å². The van der Waals surface area contributed by atoms with Crippen molar-refractivity contribution in [1.82, 2.24) is 10.1 Å². The molecule has 1 atom stereocenters. The maximum absolute atomic E-state index is 11.9. The first-order chi connectivity index (χ1) is 7.97. The van der Waals surface area contributed by atoms with Crippen molar-refractivity contribution in [3.05, 3.63) is 17.5 Å². The van der Waals surface area contributed by atoms with E-state index in [1.54, 1.807) is 14.0 Å². The van der Waals surface area contributed by atoms with Crippen LogP contribution in [0, 0.1) is 0 Å². The summed E-state index contributed by atoms with van der Waals surface area (Å²) in [5.74, 6) is -2.03. The van der Waals surface area contributed by atoms with Crippen LogP contribution in [0.15, 0.2) is 10.6 Å². The molecular formula is C10H14N2O5. The molecule has 0 aliphatic carbocycles. The van der Waals surface area contributed by atoms with Crippen molar-refractivity contribution in [2.45, 2.75) is 13.0 Å². The van der Waals surface area contributed by atoms with Gasteiger partial charge in [0.25, 0.3) is 5.91 Å². The molecule has 0 bridgehead atoms. The Balaban J connectivity index is 2.77. The monoisotopic (exact) mass is 242 g/mol. The quantitative estimate of drug-likeness (QED) is 0.807. The first-order valence-corrected chi connectivity index (χ1v) is 4.93. The van der Waals surface area contributed by atoms with E-state index in [0.29, 0.717) is 6.61 Å². The molecule has 0 aliphatic rings. The number of aromatic carboxylic acids is 1. The second kappa shape index (κ2) is 5.44. The van der Waals surface area contributed by atoms with Crippen LogP contribution in [0.2, 0.25) is 0 Å². The van der Waals surface area contributed by atoms with Crippen LogP contribution in [-0.2, 0) is 4.74 Å². The highest BCUT2D eigenvalue weighted by Gasteiger charge is 2.22. The Kier molecular flexibility index (Phi) is 4.22. The number of likely N-dealkylation sites (N-methyl/N-ethyl adjacent to an activating group) is 1. The van der Waals surface area contributed by atoms with Gasteiger partial charge in [0.2, 0.25) is 5.76 Å². The number of carbonyl (C=O) groups excluding carboxylic acids is 1. The number of aromatic nitrogens is 1. The van der Waals surface area contributed by atoms with E-state index in [-0.39, 0.29) is 17.5 Å². The van der Waals surface area contributed by atoms with Gasteiger partial charge >= 0.3 is 5.97 Å². The Labute approximate surface area is 97.9 Å². The molecular weight excluding hydrogens is 228 g/mol. The molecule has 1 aromatic rings. The predicted octanol–water partition coefficient (Wildman–Crippen LogP) is 0.480. The van der Waals surface area contributed by atoms with Gasteiger partial charge in [0, 0.05) is 20.2 Å². The number of carboxylic acid groups (broad SMARTS) is 1. The number of ether oxygens (including phenoxy) is 1. The van der Waals surface area contributed by atoms with Crippen LogP contribution in [-0.4, -0.2) is 53.8 Å². The van der Waals surface area contributed by atoms with Crippen LogP contribution < -0.4 is 0 Å². The molecule has 1 N–H and O–H groups in total. The molecule has 1 aromatic heterocycles. The minimum atomic E-state index is -1.26. The highest BCUT2D eigenvalue weighted by molar-refractivity contribution is 5.94. The number of carboxylic acids is 1. The lowest BCUT2D eigenvalue weighted by molar-refractivity contribution is 0.0616. The van der Waals surface area contributed by atoms with Crippen molar-refractivity contribution in [2.24, 2.45) is 0 Å². The van der Waals surface area contributed by atoms with Crippen molar-refractivity contribution in [3.63, 3.8) is 0 Å². The average Bonchev–Trinajstić information content (AvgIpc) is 2.76. The van der Waals surface area contributed by atoms with Gasteiger partial charge < -0.3 is 19.3 Å². The van der Waals surface area contributed by atoms with Crippen LogP contribution in [0.1, 0.15) is 28.0 Å². The molecule has 1 amide bonds. The molecule has 0 fully saturated rings. The highest BCUT2D eigenvalue weighted by atomic mass is 16.5. The second-order valence-corrected chi connectivity index (χ2v) is 3.60. The lowest BCUT2D eigenvalue weighted by atomic mass is 10.2. The molecule has 0 saturated heterocycles. The fraction of sp³-hybridized carbons (Fsp3) is 0.500. The Morgan fingerprint density at radius 1 is 1.65 bits per heavy atom. The summed E-state index contributed by atoms with van der Waals surface area (Å²) in [6, 6.07) is 0.957. The molecule has 0 radical (unpaired) electrons. The lowest BCUT2D eigenvalue weighted by Crippen LogP contribution is -2.37. The van der Waals surface area contributed by atoms with E-state index in [9.17, 15) is 9.59 Å². The van der Waals surface area contributed by atoms with E-state index in [2.05, 4.69) is 9.68 Å². The largest absolute Gasteiger partial charge is 0.475 e. The SMILES string of the molecule is COCC(C)N(C)C(=O)c1cc(C(=O)O)on1. The van der Waals surface area contributed by atoms with E-state index in [1.807, 2.05) is 0 Å². The van der Waals surface area contributed by atoms with E-state index in [4.69, 9.17) is 9.84 Å². The molecule has 17 heavy (non-hydrogen) atoms. The van der Waals surface area contributed by atoms with Gasteiger partial charge in [-0.05, 0) is 6.92 Å². The van der Waals surface area contributed by atoms with Gasteiger partial charge in [-0.15, -0.1) is 0 Å². The van der Waals surface area contributed by atoms with Crippen LogP contribution in [0.5, 0.6) is 0 Å². The summed E-state index contributed by atoms with van der Waals surface area (Å²) >= 11 is 0. The van der Waals surface area contributed by atoms with E-state index in [1.165, 1.54) is 12.0 Å². The topological polar surface area (TPSA) is 92.9 Å². The van der Waals surface area contributed by atoms with Crippen LogP contribution in [0.25, 0.3) is 0 Å². The lowest BCUT2D eigenvalue weighted by Gasteiger charge is -2.22. The smallest absolute Gasteiger partial charge is 0.374 e. The molecule has 0 aliphatic heterocycles. The molecule has 1 unspecified atom stereocenters. The molecule has 7 nitrogen and oxygen atoms in total. The van der Waals surface area contributed by atoms with Crippen molar-refractivity contribution in [2.75, 3.05) is 20.8 Å². The van der Waals surface area contributed by atoms with E-state index in [0.717, 1.165) is 6.07 Å². The van der Waals surface area contributed by atoms with Gasteiger partial charge in [-0.25, -0.2) is 4.79 Å². The average molecular weight is 242 g/mol. The number of hydrogen-bond donors (Lipinski definition) is 1. The summed E-state index contributed by atoms with van der Waals surface area (Å²) in [5, 5.41) is 12.0. The highest BCUT2D eigenvalue weighted by Crippen LogP contribution is 2.08. The van der Waals surface area contributed by atoms with Gasteiger partial charge in [0.1, 0.15) is 0 Å². The normalized spacial score (nSPS) is 12.2. The maximum Gasteiger partial charge on any atom is 0.374 e. The molecule has 1 rings (SSSR count). The van der Waals surface area contributed by atoms with Crippen LogP contribution in [0.3, 0.4) is 0 Å². The minimum absolute atomic E-state index is 0.0344. The Hall–Kier alpha value is -1.89. The zero-order valence-electron chi connectivity index (χ0n) is 9.84. The molecule has 0 saturated carbocycles. The number of rotatable bonds is 5. The van der Waals surface area contributed by atoms with Crippen LogP contribution >= 0.6 is 0 Å². The fourth-order valence-electron chi connectivity index (χ4n) is 1.21. The summed E-state index contributed by atoms with van der Waals surface area (Å²) in [7, 11) is 3.12. The fourth-order valence-corrected chi connectivity index (χ4v) is 1.21. The summed E-state index contributed by atoms with van der Waals surface area (Å²) < 4.78 is 9.43. The van der Waals surface area contributed by atoms with Crippen LogP contribution in [0.4, 0.5) is 0 Å². The zero-order chi connectivity index (χ0) is 13.0. The number of carbonyl (C=O) groups is 2. The Morgan fingerprint density at radius 3 is 2.76 bits per heavy atom. The maximum atomic E-state index is 11.9. The molecule has 1 heterocycles. The third-order valence-electron chi connectivity index (χ3n) is 2.33. The van der Waals surface area contributed by atoms with Gasteiger partial charge in [-0.3, -0.25) is 4.79 Å². The number of nitrogens with zero attached hydrogens (tertiary/aromatic N) is 2. The summed E-state index contributed by atoms with van der Waals surface area (Å²) in [5.41, 5.74) is -0.0344. The van der Waals surface area contributed by atoms with Crippen molar-refractivity contribution < 1.29 is 24.0 Å². The van der Waals surface area contributed by atoms with Crippen molar-refractivity contribution in [3.8, 4) is 0 Å². The van der Waals surface area contributed by atoms with Gasteiger partial charge in [0.15, 0.2) is 5.69 Å². The van der Waals surface area contributed by atoms with Gasteiger partial charge in [-0.1, -0.05) is 5.16 Å². The van der Waals surface area contributed by atoms with Gasteiger partial charge in [0.05, 0.1) is 12.6 Å². The molecule has 94 valence electrons. The second-order valence-electron chi connectivity index (χ2n) is 3.60. The number of hydrogen-bond acceptors (Lipinski definition) is 5.